The number of nitrogens with two attached hydrogens (primary N) is 1. The molecular weight excluding hydrogens is 235 g/mol. The van der Waals surface area contributed by atoms with Crippen molar-refractivity contribution in [1.29, 1.82) is 0 Å². The van der Waals surface area contributed by atoms with Crippen LogP contribution in [0.5, 0.6) is 0 Å². The monoisotopic (exact) mass is 251 g/mol. The van der Waals surface area contributed by atoms with Gasteiger partial charge in [0.25, 0.3) is 0 Å². The Morgan fingerprint density at radius 3 is 2.06 bits per heavy atom. The molecule has 0 aromatic rings. The fourth-order valence-electron chi connectivity index (χ4n) is 2.37. The van der Waals surface area contributed by atoms with Crippen molar-refractivity contribution in [2.24, 2.45) is 28.4 Å². The zero-order valence-corrected chi connectivity index (χ0v) is 9.97. The summed E-state index contributed by atoms with van der Waals surface area (Å²) in [6.45, 7) is 5.02. The van der Waals surface area contributed by atoms with Gasteiger partial charge in [0.2, 0.25) is 5.91 Å². The second-order valence-corrected chi connectivity index (χ2v) is 5.67. The quantitative estimate of drug-likeness (QED) is 0.779. The van der Waals surface area contributed by atoms with Crippen molar-refractivity contribution in [3.05, 3.63) is 0 Å². The summed E-state index contributed by atoms with van der Waals surface area (Å²) in [6.07, 6.45) is -4.57. The van der Waals surface area contributed by atoms with Crippen molar-refractivity contribution in [1.82, 2.24) is 0 Å². The zero-order chi connectivity index (χ0) is 13.6. The molecule has 0 spiro atoms. The number of alkyl halides is 3. The largest absolute Gasteiger partial charge is 0.403 e. The number of primary amides is 1. The Bertz CT molecular complexity index is 346. The molecule has 0 radical (unpaired) electrons. The van der Waals surface area contributed by atoms with E-state index in [4.69, 9.17) is 5.73 Å². The second-order valence-electron chi connectivity index (χ2n) is 5.67. The summed E-state index contributed by atoms with van der Waals surface area (Å²) in [5.41, 5.74) is 1.75. The number of hydrogen-bond donors (Lipinski definition) is 1. The number of hydrogen-bond acceptors (Lipinski definition) is 2. The number of rotatable bonds is 3. The maximum absolute atomic E-state index is 12.9. The highest BCUT2D eigenvalue weighted by Crippen LogP contribution is 2.66. The van der Waals surface area contributed by atoms with Gasteiger partial charge in [-0.3, -0.25) is 4.79 Å². The predicted octanol–water partition coefficient (Wildman–Crippen LogP) is 1.90. The summed E-state index contributed by atoms with van der Waals surface area (Å²) in [5.74, 6) is -3.24. The van der Waals surface area contributed by atoms with Crippen LogP contribution in [0.3, 0.4) is 0 Å². The Morgan fingerprint density at radius 1 is 1.41 bits per heavy atom. The topological polar surface area (TPSA) is 60.2 Å². The van der Waals surface area contributed by atoms with Gasteiger partial charge in [-0.1, -0.05) is 20.8 Å². The van der Waals surface area contributed by atoms with E-state index in [0.717, 1.165) is 0 Å². The van der Waals surface area contributed by atoms with Crippen molar-refractivity contribution >= 4 is 12.2 Å². The second kappa shape index (κ2) is 3.71. The van der Waals surface area contributed by atoms with Crippen molar-refractivity contribution in [3.63, 3.8) is 0 Å². The number of halogens is 3. The first-order chi connectivity index (χ1) is 7.48. The van der Waals surface area contributed by atoms with Crippen LogP contribution in [0.4, 0.5) is 13.2 Å². The van der Waals surface area contributed by atoms with Crippen molar-refractivity contribution < 1.29 is 22.8 Å². The minimum absolute atomic E-state index is 0.382. The molecule has 0 bridgehead atoms. The van der Waals surface area contributed by atoms with Crippen LogP contribution in [-0.4, -0.2) is 18.4 Å². The maximum atomic E-state index is 12.9. The number of carbonyl (C=O) groups excluding carboxylic acids is 2. The SMILES string of the molecule is CC(C)(C)C(C=O)C1CC1(C(N)=O)C(F)(F)F. The average Bonchev–Trinajstić information content (AvgIpc) is 2.77. The van der Waals surface area contributed by atoms with E-state index in [1.807, 2.05) is 0 Å². The summed E-state index contributed by atoms with van der Waals surface area (Å²) < 4.78 is 38.6. The Labute approximate surface area is 97.5 Å². The van der Waals surface area contributed by atoms with Gasteiger partial charge in [-0.15, -0.1) is 0 Å². The molecule has 1 aliphatic carbocycles. The van der Waals surface area contributed by atoms with Gasteiger partial charge in [0.05, 0.1) is 0 Å². The van der Waals surface area contributed by atoms with Crippen LogP contribution < -0.4 is 5.73 Å². The molecule has 0 heterocycles. The summed E-state index contributed by atoms with van der Waals surface area (Å²) in [7, 11) is 0. The van der Waals surface area contributed by atoms with E-state index < -0.39 is 34.7 Å². The third-order valence-corrected chi connectivity index (χ3v) is 3.54. The van der Waals surface area contributed by atoms with E-state index in [1.54, 1.807) is 20.8 Å². The van der Waals surface area contributed by atoms with Gasteiger partial charge in [-0.25, -0.2) is 0 Å². The smallest absolute Gasteiger partial charge is 0.369 e. The first kappa shape index (κ1) is 14.0. The van der Waals surface area contributed by atoms with Gasteiger partial charge in [0.15, 0.2) is 0 Å². The standard InChI is InChI=1S/C11H16F3NO2/c1-9(2,3)7(5-16)6-4-10(6,8(15)17)11(12,13)14/h5-7H,4H2,1-3H3,(H2,15,17). The summed E-state index contributed by atoms with van der Waals surface area (Å²) >= 11 is 0. The van der Waals surface area contributed by atoms with E-state index in [-0.39, 0.29) is 6.42 Å². The summed E-state index contributed by atoms with van der Waals surface area (Å²) in [6, 6.07) is 0. The fourth-order valence-corrected chi connectivity index (χ4v) is 2.37. The Hall–Kier alpha value is -1.07. The molecule has 98 valence electrons. The molecule has 6 heteroatoms. The van der Waals surface area contributed by atoms with E-state index in [1.165, 1.54) is 0 Å². The Kier molecular flexibility index (Phi) is 3.06. The fraction of sp³-hybridized carbons (Fsp3) is 0.818. The summed E-state index contributed by atoms with van der Waals surface area (Å²) in [4.78, 5) is 22.0. The van der Waals surface area contributed by atoms with Crippen LogP contribution in [0.2, 0.25) is 0 Å². The first-order valence-corrected chi connectivity index (χ1v) is 5.30. The normalized spacial score (nSPS) is 30.8. The number of amides is 1. The third kappa shape index (κ3) is 2.05. The molecule has 3 nitrogen and oxygen atoms in total. The van der Waals surface area contributed by atoms with E-state index >= 15 is 0 Å². The number of carbonyl (C=O) groups is 2. The minimum Gasteiger partial charge on any atom is -0.369 e. The lowest BCUT2D eigenvalue weighted by atomic mass is 9.76. The molecule has 1 saturated carbocycles. The minimum atomic E-state index is -4.68. The van der Waals surface area contributed by atoms with E-state index in [2.05, 4.69) is 0 Å². The third-order valence-electron chi connectivity index (χ3n) is 3.54. The van der Waals surface area contributed by atoms with Crippen LogP contribution in [0.25, 0.3) is 0 Å². The van der Waals surface area contributed by atoms with Crippen molar-refractivity contribution in [2.45, 2.75) is 33.4 Å². The molecule has 17 heavy (non-hydrogen) atoms. The van der Waals surface area contributed by atoms with Crippen LogP contribution in [0.15, 0.2) is 0 Å². The molecule has 0 saturated heterocycles. The highest BCUT2D eigenvalue weighted by atomic mass is 19.4. The predicted molar refractivity (Wildman–Crippen MR) is 54.8 cm³/mol. The van der Waals surface area contributed by atoms with Gasteiger partial charge in [-0.05, 0) is 17.8 Å². The zero-order valence-electron chi connectivity index (χ0n) is 9.97. The molecule has 2 N–H and O–H groups in total. The van der Waals surface area contributed by atoms with E-state index in [0.29, 0.717) is 6.29 Å². The highest BCUT2D eigenvalue weighted by molar-refractivity contribution is 5.86. The molecule has 1 amide bonds. The number of aldehydes is 1. The van der Waals surface area contributed by atoms with Gasteiger partial charge in [0.1, 0.15) is 11.7 Å². The average molecular weight is 251 g/mol. The molecule has 0 aromatic heterocycles. The van der Waals surface area contributed by atoms with E-state index in [9.17, 15) is 22.8 Å². The molecule has 0 aliphatic heterocycles. The molecule has 3 unspecified atom stereocenters. The molecule has 1 aliphatic rings. The van der Waals surface area contributed by atoms with Crippen LogP contribution >= 0.6 is 0 Å². The highest BCUT2D eigenvalue weighted by Gasteiger charge is 2.76. The molecule has 1 fully saturated rings. The van der Waals surface area contributed by atoms with Crippen LogP contribution in [0, 0.1) is 22.7 Å². The van der Waals surface area contributed by atoms with Crippen molar-refractivity contribution in [2.75, 3.05) is 0 Å². The lowest BCUT2D eigenvalue weighted by Gasteiger charge is -2.28. The Morgan fingerprint density at radius 2 is 1.88 bits per heavy atom. The molecular formula is C11H16F3NO2. The summed E-state index contributed by atoms with van der Waals surface area (Å²) in [5, 5.41) is 0. The molecule has 1 rings (SSSR count). The van der Waals surface area contributed by atoms with Crippen LogP contribution in [0.1, 0.15) is 27.2 Å². The van der Waals surface area contributed by atoms with Gasteiger partial charge >= 0.3 is 6.18 Å². The van der Waals surface area contributed by atoms with Gasteiger partial charge in [-0.2, -0.15) is 13.2 Å². The van der Waals surface area contributed by atoms with Gasteiger partial charge < -0.3 is 10.5 Å². The Balaban J connectivity index is 3.06. The first-order valence-electron chi connectivity index (χ1n) is 5.30. The molecule has 0 aromatic carbocycles. The maximum Gasteiger partial charge on any atom is 0.403 e. The lowest BCUT2D eigenvalue weighted by molar-refractivity contribution is -0.196. The van der Waals surface area contributed by atoms with Gasteiger partial charge in [0, 0.05) is 5.92 Å². The van der Waals surface area contributed by atoms with Crippen molar-refractivity contribution in [3.8, 4) is 0 Å². The lowest BCUT2D eigenvalue weighted by Crippen LogP contribution is -2.42. The molecule has 3 atom stereocenters. The van der Waals surface area contributed by atoms with Crippen LogP contribution in [-0.2, 0) is 9.59 Å².